The van der Waals surface area contributed by atoms with Gasteiger partial charge in [-0.3, -0.25) is 9.59 Å². The number of hydrogen-bond donors (Lipinski definition) is 1. The zero-order chi connectivity index (χ0) is 21.0. The van der Waals surface area contributed by atoms with E-state index in [1.807, 2.05) is 6.07 Å². The fourth-order valence-electron chi connectivity index (χ4n) is 3.24. The Balaban J connectivity index is 1.80. The van der Waals surface area contributed by atoms with E-state index in [0.29, 0.717) is 30.3 Å². The smallest absolute Gasteiger partial charge is 0.248 e. The Morgan fingerprint density at radius 2 is 2.07 bits per heavy atom. The van der Waals surface area contributed by atoms with E-state index in [4.69, 9.17) is 4.74 Å². The summed E-state index contributed by atoms with van der Waals surface area (Å²) in [5, 5.41) is 3.00. The first-order chi connectivity index (χ1) is 13.9. The standard InChI is InChI=1S/C20H24FN5O3/c1-22-17-9-16(23-18(24-17)11-25(2)20(28)12-29-3)13-8-19(27)26(10-13)15-6-4-14(21)5-7-15/h4-7,9,13H,8,10-12H2,1-3H3,(H,22,23,24)/t13-/m1/s1. The van der Waals surface area contributed by atoms with E-state index in [0.717, 1.165) is 5.69 Å². The minimum atomic E-state index is -0.344. The summed E-state index contributed by atoms with van der Waals surface area (Å²) in [6, 6.07) is 7.68. The molecular formula is C20H24FN5O3. The Labute approximate surface area is 168 Å². The van der Waals surface area contributed by atoms with Crippen molar-refractivity contribution in [2.24, 2.45) is 0 Å². The van der Waals surface area contributed by atoms with Gasteiger partial charge in [-0.05, 0) is 24.3 Å². The molecule has 1 aliphatic heterocycles. The Hall–Kier alpha value is -3.07. The number of benzene rings is 1. The van der Waals surface area contributed by atoms with Crippen molar-refractivity contribution in [3.63, 3.8) is 0 Å². The maximum atomic E-state index is 13.2. The van der Waals surface area contributed by atoms with Gasteiger partial charge in [-0.15, -0.1) is 0 Å². The molecule has 1 N–H and O–H groups in total. The van der Waals surface area contributed by atoms with Crippen molar-refractivity contribution in [1.82, 2.24) is 14.9 Å². The number of carbonyl (C=O) groups excluding carboxylic acids is 2. The summed E-state index contributed by atoms with van der Waals surface area (Å²) >= 11 is 0. The lowest BCUT2D eigenvalue weighted by Crippen LogP contribution is -2.30. The third-order valence-corrected chi connectivity index (χ3v) is 4.80. The number of nitrogens with zero attached hydrogens (tertiary/aromatic N) is 4. The largest absolute Gasteiger partial charge is 0.375 e. The first-order valence-electron chi connectivity index (χ1n) is 9.25. The molecule has 1 saturated heterocycles. The number of aromatic nitrogens is 2. The van der Waals surface area contributed by atoms with Crippen LogP contribution in [0.3, 0.4) is 0 Å². The molecule has 1 aromatic carbocycles. The molecular weight excluding hydrogens is 377 g/mol. The minimum Gasteiger partial charge on any atom is -0.375 e. The second-order valence-electron chi connectivity index (χ2n) is 6.91. The van der Waals surface area contributed by atoms with Crippen LogP contribution in [0.5, 0.6) is 0 Å². The van der Waals surface area contributed by atoms with Crippen LogP contribution in [0.1, 0.15) is 23.9 Å². The molecule has 2 heterocycles. The highest BCUT2D eigenvalue weighted by molar-refractivity contribution is 5.96. The topological polar surface area (TPSA) is 87.7 Å². The van der Waals surface area contributed by atoms with E-state index in [2.05, 4.69) is 15.3 Å². The molecule has 0 unspecified atom stereocenters. The van der Waals surface area contributed by atoms with Crippen molar-refractivity contribution < 1.29 is 18.7 Å². The fraction of sp³-hybridized carbons (Fsp3) is 0.400. The summed E-state index contributed by atoms with van der Waals surface area (Å²) in [5.74, 6) is 0.410. The molecule has 8 nitrogen and oxygen atoms in total. The number of likely N-dealkylation sites (N-methyl/N-ethyl adjacent to an activating group) is 1. The lowest BCUT2D eigenvalue weighted by atomic mass is 10.0. The van der Waals surface area contributed by atoms with Crippen molar-refractivity contribution >= 4 is 23.3 Å². The summed E-state index contributed by atoms with van der Waals surface area (Å²) in [7, 11) is 4.87. The van der Waals surface area contributed by atoms with Crippen molar-refractivity contribution in [2.45, 2.75) is 18.9 Å². The number of amides is 2. The van der Waals surface area contributed by atoms with Gasteiger partial charge in [-0.1, -0.05) is 0 Å². The Morgan fingerprint density at radius 1 is 1.34 bits per heavy atom. The summed E-state index contributed by atoms with van der Waals surface area (Å²) in [4.78, 5) is 36.6. The van der Waals surface area contributed by atoms with Crippen LogP contribution in [-0.4, -0.2) is 61.0 Å². The molecule has 1 aromatic heterocycles. The number of anilines is 2. The highest BCUT2D eigenvalue weighted by atomic mass is 19.1. The molecule has 0 saturated carbocycles. The van der Waals surface area contributed by atoms with Crippen molar-refractivity contribution in [2.75, 3.05) is 44.6 Å². The lowest BCUT2D eigenvalue weighted by Gasteiger charge is -2.19. The summed E-state index contributed by atoms with van der Waals surface area (Å²) in [5.41, 5.74) is 1.39. The van der Waals surface area contributed by atoms with Gasteiger partial charge in [0, 0.05) is 51.8 Å². The summed E-state index contributed by atoms with van der Waals surface area (Å²) in [6.45, 7) is 0.661. The van der Waals surface area contributed by atoms with Gasteiger partial charge >= 0.3 is 0 Å². The number of rotatable bonds is 7. The van der Waals surface area contributed by atoms with Gasteiger partial charge in [0.1, 0.15) is 24.1 Å². The number of hydrogen-bond acceptors (Lipinski definition) is 6. The number of ether oxygens (including phenoxy) is 1. The zero-order valence-electron chi connectivity index (χ0n) is 16.7. The van der Waals surface area contributed by atoms with Crippen LogP contribution < -0.4 is 10.2 Å². The normalized spacial score (nSPS) is 16.2. The molecule has 1 atom stereocenters. The van der Waals surface area contributed by atoms with Crippen molar-refractivity contribution in [1.29, 1.82) is 0 Å². The van der Waals surface area contributed by atoms with E-state index in [9.17, 15) is 14.0 Å². The minimum absolute atomic E-state index is 0.0150. The average molecular weight is 401 g/mol. The predicted molar refractivity (Wildman–Crippen MR) is 106 cm³/mol. The first-order valence-corrected chi connectivity index (χ1v) is 9.25. The van der Waals surface area contributed by atoms with Crippen LogP contribution in [0.4, 0.5) is 15.9 Å². The maximum absolute atomic E-state index is 13.2. The highest BCUT2D eigenvalue weighted by Crippen LogP contribution is 2.31. The van der Waals surface area contributed by atoms with Crippen LogP contribution in [0, 0.1) is 5.82 Å². The van der Waals surface area contributed by atoms with E-state index in [-0.39, 0.29) is 36.7 Å². The van der Waals surface area contributed by atoms with Gasteiger partial charge in [-0.2, -0.15) is 0 Å². The molecule has 1 fully saturated rings. The van der Waals surface area contributed by atoms with Gasteiger partial charge in [-0.25, -0.2) is 14.4 Å². The Morgan fingerprint density at radius 3 is 2.72 bits per heavy atom. The van der Waals surface area contributed by atoms with Gasteiger partial charge in [0.15, 0.2) is 0 Å². The number of nitrogens with one attached hydrogen (secondary N) is 1. The molecule has 9 heteroatoms. The molecule has 0 bridgehead atoms. The van der Waals surface area contributed by atoms with E-state index >= 15 is 0 Å². The quantitative estimate of drug-likeness (QED) is 0.761. The maximum Gasteiger partial charge on any atom is 0.248 e. The molecule has 2 amide bonds. The number of carbonyl (C=O) groups is 2. The van der Waals surface area contributed by atoms with Gasteiger partial charge < -0.3 is 19.9 Å². The molecule has 0 aliphatic carbocycles. The Kier molecular flexibility index (Phi) is 6.38. The second kappa shape index (κ2) is 8.95. The van der Waals surface area contributed by atoms with Crippen LogP contribution in [0.2, 0.25) is 0 Å². The molecule has 2 aromatic rings. The van der Waals surface area contributed by atoms with Crippen LogP contribution >= 0.6 is 0 Å². The summed E-state index contributed by atoms with van der Waals surface area (Å²) < 4.78 is 18.1. The molecule has 0 radical (unpaired) electrons. The number of halogens is 1. The van der Waals surface area contributed by atoms with E-state index in [1.54, 1.807) is 31.1 Å². The second-order valence-corrected chi connectivity index (χ2v) is 6.91. The predicted octanol–water partition coefficient (Wildman–Crippen LogP) is 1.78. The lowest BCUT2D eigenvalue weighted by molar-refractivity contribution is -0.134. The molecule has 0 spiro atoms. The third kappa shape index (κ3) is 4.86. The van der Waals surface area contributed by atoms with Gasteiger partial charge in [0.25, 0.3) is 0 Å². The molecule has 29 heavy (non-hydrogen) atoms. The van der Waals surface area contributed by atoms with Crippen molar-refractivity contribution in [3.05, 3.63) is 47.7 Å². The SMILES string of the molecule is CNc1cc([C@@H]2CC(=O)N(c3ccc(F)cc3)C2)nc(CN(C)C(=O)COC)n1. The van der Waals surface area contributed by atoms with E-state index < -0.39 is 0 Å². The van der Waals surface area contributed by atoms with Crippen molar-refractivity contribution in [3.8, 4) is 0 Å². The summed E-state index contributed by atoms with van der Waals surface area (Å²) in [6.07, 6.45) is 0.301. The van der Waals surface area contributed by atoms with E-state index in [1.165, 1.54) is 24.1 Å². The highest BCUT2D eigenvalue weighted by Gasteiger charge is 2.33. The average Bonchev–Trinajstić information content (AvgIpc) is 3.10. The number of methoxy groups -OCH3 is 1. The fourth-order valence-corrected chi connectivity index (χ4v) is 3.24. The van der Waals surface area contributed by atoms with Crippen LogP contribution in [0.25, 0.3) is 0 Å². The monoisotopic (exact) mass is 401 g/mol. The molecule has 1 aliphatic rings. The third-order valence-electron chi connectivity index (χ3n) is 4.80. The molecule has 3 rings (SSSR count). The first kappa shape index (κ1) is 20.7. The molecule has 154 valence electrons. The zero-order valence-corrected chi connectivity index (χ0v) is 16.7. The Bertz CT molecular complexity index is 890. The van der Waals surface area contributed by atoms with Gasteiger partial charge in [0.2, 0.25) is 11.8 Å². The van der Waals surface area contributed by atoms with Gasteiger partial charge in [0.05, 0.1) is 12.2 Å². The van der Waals surface area contributed by atoms with Crippen LogP contribution in [-0.2, 0) is 20.9 Å². The van der Waals surface area contributed by atoms with Crippen LogP contribution in [0.15, 0.2) is 30.3 Å².